The summed E-state index contributed by atoms with van der Waals surface area (Å²) < 4.78 is 141. The number of alkyl carbamates (subject to hydrolysis) is 5. The van der Waals surface area contributed by atoms with E-state index < -0.39 is 150 Å². The minimum absolute atomic E-state index is 0.00412. The molecule has 6 rings (SSSR count). The molecule has 0 aliphatic heterocycles. The van der Waals surface area contributed by atoms with Gasteiger partial charge in [-0.15, -0.1) is 0 Å². The molecule has 1 aromatic heterocycles. The van der Waals surface area contributed by atoms with Crippen LogP contribution >= 0.6 is 0 Å². The Kier molecular flexibility index (Phi) is 55.7. The lowest BCUT2D eigenvalue weighted by molar-refractivity contribution is -0.161. The van der Waals surface area contributed by atoms with E-state index in [9.17, 15) is 33.9 Å². The lowest BCUT2D eigenvalue weighted by Gasteiger charge is -2.35. The van der Waals surface area contributed by atoms with E-state index in [0.717, 1.165) is 22.3 Å². The number of rotatable bonds is 74. The Balaban J connectivity index is 1.45. The fourth-order valence-electron chi connectivity index (χ4n) is 14.8. The number of aromatic nitrogens is 3. The predicted molar refractivity (Wildman–Crippen MR) is 532 cm³/mol. The van der Waals surface area contributed by atoms with Crippen molar-refractivity contribution in [2.24, 2.45) is 10.8 Å². The molecule has 0 radical (unpaired) electrons. The van der Waals surface area contributed by atoms with Crippen LogP contribution in [0.1, 0.15) is 143 Å². The first-order valence-electron chi connectivity index (χ1n) is 48.7. The molecule has 38 nitrogen and oxygen atoms in total. The average Bonchev–Trinajstić information content (AvgIpc) is 0.785. The molecule has 0 aliphatic carbocycles. The molecule has 6 aromatic rings. The van der Waals surface area contributed by atoms with Gasteiger partial charge < -0.3 is 136 Å². The number of phenols is 1. The van der Waals surface area contributed by atoms with Crippen LogP contribution in [0, 0.1) is 10.8 Å². The zero-order chi connectivity index (χ0) is 101. The van der Waals surface area contributed by atoms with Crippen LogP contribution in [0.2, 0.25) is 30.2 Å². The zero-order valence-electron chi connectivity index (χ0n) is 84.2. The Bertz CT molecular complexity index is 4120. The minimum atomic E-state index is -3.21. The summed E-state index contributed by atoms with van der Waals surface area (Å²) in [4.78, 5) is 101. The average molecular weight is 2040 g/mol. The van der Waals surface area contributed by atoms with Crippen molar-refractivity contribution in [1.29, 1.82) is 0 Å². The van der Waals surface area contributed by atoms with Gasteiger partial charge in [-0.2, -0.15) is 0 Å². The minimum Gasteiger partial charge on any atom is -0.507 e. The lowest BCUT2D eigenvalue weighted by atomic mass is 9.90. The molecule has 0 saturated carbocycles. The summed E-state index contributed by atoms with van der Waals surface area (Å²) in [6, 6.07) is 41.4. The van der Waals surface area contributed by atoms with Gasteiger partial charge in [-0.25, -0.2) is 43.7 Å². The summed E-state index contributed by atoms with van der Waals surface area (Å²) in [6.07, 6.45) is -4.70. The van der Waals surface area contributed by atoms with Gasteiger partial charge in [0.2, 0.25) is 0 Å². The highest BCUT2D eigenvalue weighted by Gasteiger charge is 2.47. The highest BCUT2D eigenvalue weighted by molar-refractivity contribution is 6.62. The van der Waals surface area contributed by atoms with E-state index in [1.807, 2.05) is 213 Å². The second-order valence-electron chi connectivity index (χ2n) is 31.7. The zero-order valence-corrected chi connectivity index (χ0v) is 89.2. The number of esters is 1. The number of phenolic OH excluding ortho intramolecular Hbond substituents is 1. The molecule has 0 saturated heterocycles. The van der Waals surface area contributed by atoms with E-state index in [2.05, 4.69) is 26.6 Å². The second-order valence-corrected chi connectivity index (χ2v) is 45.3. The Morgan fingerprint density at radius 2 is 0.525 bits per heavy atom. The second kappa shape index (κ2) is 65.2. The number of hydrogen-bond donors (Lipinski definition) is 6. The van der Waals surface area contributed by atoms with Crippen LogP contribution in [-0.4, -0.2) is 291 Å². The molecule has 0 aliphatic rings. The Morgan fingerprint density at radius 3 is 0.770 bits per heavy atom. The monoisotopic (exact) mass is 2040 g/mol. The highest BCUT2D eigenvalue weighted by Crippen LogP contribution is 2.36. The summed E-state index contributed by atoms with van der Waals surface area (Å²) in [5, 5.41) is 26.0. The van der Waals surface area contributed by atoms with Crippen LogP contribution in [0.4, 0.5) is 24.0 Å². The highest BCUT2D eigenvalue weighted by atomic mass is 28.4. The predicted octanol–water partition coefficient (Wildman–Crippen LogP) is 16.0. The molecule has 0 fully saturated rings. The first-order valence-corrected chi connectivity index (χ1v) is 58.4. The van der Waals surface area contributed by atoms with Gasteiger partial charge in [0.15, 0.2) is 23.6 Å². The Morgan fingerprint density at radius 1 is 0.295 bits per heavy atom. The Hall–Kier alpha value is -9.03. The van der Waals surface area contributed by atoms with E-state index >= 15 is 0 Å². The Labute approximate surface area is 825 Å². The summed E-state index contributed by atoms with van der Waals surface area (Å²) in [5.74, 6) is -0.582. The van der Waals surface area contributed by atoms with Gasteiger partial charge in [0.25, 0.3) is 0 Å². The molecule has 1 atom stereocenters. The largest absolute Gasteiger partial charge is 0.507 e. The summed E-state index contributed by atoms with van der Waals surface area (Å²) in [7, 11) is -16.0. The molecule has 0 bridgehead atoms. The van der Waals surface area contributed by atoms with Crippen molar-refractivity contribution in [1.82, 2.24) is 41.5 Å². The first-order chi connectivity index (χ1) is 67.2. The normalized spacial score (nSPS) is 12.3. The van der Waals surface area contributed by atoms with Gasteiger partial charge in [0.05, 0.1) is 29.6 Å². The fourth-order valence-corrected chi connectivity index (χ4v) is 27.9. The van der Waals surface area contributed by atoms with Gasteiger partial charge in [0.1, 0.15) is 51.1 Å². The van der Waals surface area contributed by atoms with Gasteiger partial charge >= 0.3 is 80.5 Å². The summed E-state index contributed by atoms with van der Waals surface area (Å²) in [5.41, 5.74) is 1.70. The molecule has 5 aromatic carbocycles. The maximum Gasteiger partial charge on any atom is 0.500 e. The molecule has 0 spiro atoms. The van der Waals surface area contributed by atoms with Gasteiger partial charge in [0, 0.05) is 179 Å². The third kappa shape index (κ3) is 41.5. The van der Waals surface area contributed by atoms with Gasteiger partial charge in [-0.1, -0.05) is 109 Å². The van der Waals surface area contributed by atoms with Crippen molar-refractivity contribution in [3.63, 3.8) is 0 Å². The maximum absolute atomic E-state index is 15.0. The molecule has 776 valence electrons. The molecule has 43 heteroatoms. The lowest BCUT2D eigenvalue weighted by Crippen LogP contribution is -2.49. The number of amides is 5. The van der Waals surface area contributed by atoms with Crippen molar-refractivity contribution >= 4 is 80.5 Å². The molecular weight excluding hydrogens is 1890 g/mol. The summed E-state index contributed by atoms with van der Waals surface area (Å²) >= 11 is 0. The SMILES string of the molecule is CCO[Si](CCCNC(=O)OCC(COCC(COC(=O)NCCC[Si](OCC)(OCC)OCC)(COC(=O)NCCC[Si](OCC)(OCC)OCC)COC(=O)C(C)Oc1ccc(-c2nc(-c3ccc(-c4ccccc4)cc3)nc(-c3ccc(-c4ccccc4)cc3)n2)c(O)c1)(COC(=O)NCCC[Si](OCC)(OCC)OCC)COC(=O)NCCC[Si](OCC)(OCC)OCC)(OCC)OCC. The third-order valence-electron chi connectivity index (χ3n) is 21.0. The number of benzene rings is 5. The topological polar surface area (TPSA) is 434 Å². The van der Waals surface area contributed by atoms with Crippen molar-refractivity contribution in [3.8, 4) is 67.9 Å². The van der Waals surface area contributed by atoms with E-state index in [4.69, 9.17) is 119 Å². The number of nitrogens with zero attached hydrogens (tertiary/aromatic N) is 3. The van der Waals surface area contributed by atoms with Crippen LogP contribution < -0.4 is 31.3 Å². The molecule has 1 unspecified atom stereocenters. The first kappa shape index (κ1) is 119. The van der Waals surface area contributed by atoms with Gasteiger partial charge in [-0.3, -0.25) is 0 Å². The van der Waals surface area contributed by atoms with Crippen LogP contribution in [-0.2, 0) is 104 Å². The van der Waals surface area contributed by atoms with E-state index in [-0.39, 0.29) is 55.6 Å². The third-order valence-corrected chi connectivity index (χ3v) is 36.7. The van der Waals surface area contributed by atoms with E-state index in [0.29, 0.717) is 184 Å². The number of hydrogen-bond acceptors (Lipinski definition) is 33. The molecule has 6 N–H and O–H groups in total. The van der Waals surface area contributed by atoms with Crippen LogP contribution in [0.5, 0.6) is 11.5 Å². The quantitative estimate of drug-likeness (QED) is 0.00894. The number of ether oxygens (including phenoxy) is 8. The van der Waals surface area contributed by atoms with E-state index in [1.165, 1.54) is 19.1 Å². The van der Waals surface area contributed by atoms with Crippen molar-refractivity contribution < 1.29 is 138 Å². The smallest absolute Gasteiger partial charge is 0.500 e. The van der Waals surface area contributed by atoms with Gasteiger partial charge in [-0.05, 0) is 177 Å². The number of carbonyl (C=O) groups is 6. The number of aromatic hydroxyl groups is 1. The number of carbonyl (C=O) groups excluding carboxylic acids is 6. The molecule has 5 amide bonds. The van der Waals surface area contributed by atoms with Crippen LogP contribution in [0.3, 0.4) is 0 Å². The fraction of sp³-hybridized carbons (Fsp3) is 0.594. The summed E-state index contributed by atoms with van der Waals surface area (Å²) in [6.45, 7) is 28.0. The van der Waals surface area contributed by atoms with E-state index in [1.54, 1.807) is 6.07 Å². The standard InChI is InChI=1S/C96H152N8O30Si5/c1-17-119-135(120-18-2,121-19-3)62-38-57-97-90(107)114-71-95(72-115-91(108)98-58-39-63-136(122-20-4,123-21-5)124-22-6,70-113-89(106)76(16)134-83-55-56-84(85(105)67-83)88-103-86(81-51-47-79(48-52-81)77-43-34-32-35-44-77)102-87(104-88)82-53-49-80(50-54-82)78-45-36-33-37-46-78)68-112-69-96(73-116-92(109)99-59-40-64-137(125-23-7,126-24-8)127-25-9,74-117-93(110)100-60-41-65-138(128-26-10,129-27-11)130-28-12)75-118-94(111)101-61-42-66-139(131-29-13,132-30-14)133-31-15/h32-37,43-56,67,76,105H,17-31,38-42,57-66,68-75H2,1-16H3,(H,97,107)(H,98,108)(H,99,109)(H,100,110)(H,101,111). The van der Waals surface area contributed by atoms with Crippen LogP contribution in [0.15, 0.2) is 127 Å². The van der Waals surface area contributed by atoms with Crippen molar-refractivity contribution in [3.05, 3.63) is 127 Å². The molecular formula is C96H152N8O30Si5. The molecule has 139 heavy (non-hydrogen) atoms. The maximum atomic E-state index is 15.0. The van der Waals surface area contributed by atoms with Crippen molar-refractivity contribution in [2.75, 3.05) is 185 Å². The van der Waals surface area contributed by atoms with Crippen molar-refractivity contribution in [2.45, 2.75) is 179 Å². The van der Waals surface area contributed by atoms with Crippen LogP contribution in [0.25, 0.3) is 56.4 Å². The number of nitrogens with one attached hydrogen (secondary N) is 5. The molecule has 1 heterocycles.